The van der Waals surface area contributed by atoms with Crippen molar-refractivity contribution in [2.45, 2.75) is 13.0 Å². The van der Waals surface area contributed by atoms with Crippen LogP contribution in [0.2, 0.25) is 0 Å². The van der Waals surface area contributed by atoms with Gasteiger partial charge in [0.25, 0.3) is 0 Å². The van der Waals surface area contributed by atoms with Crippen LogP contribution in [0.15, 0.2) is 29.3 Å². The summed E-state index contributed by atoms with van der Waals surface area (Å²) < 4.78 is 12.8. The maximum atomic E-state index is 12.8. The molecule has 2 N–H and O–H groups in total. The molecule has 5 heteroatoms. The fraction of sp³-hybridized carbons (Fsp3) is 0.533. The van der Waals surface area contributed by atoms with Crippen LogP contribution in [-0.2, 0) is 6.54 Å². The molecule has 1 fully saturated rings. The SMILES string of the molecule is CN=C(NCc1ccc(F)cc1)NCC1CCN(C)C1. The summed E-state index contributed by atoms with van der Waals surface area (Å²) in [6.07, 6.45) is 1.23. The molecule has 2 rings (SSSR count). The molecule has 1 unspecified atom stereocenters. The zero-order valence-electron chi connectivity index (χ0n) is 12.2. The quantitative estimate of drug-likeness (QED) is 0.647. The predicted octanol–water partition coefficient (Wildman–Crippen LogP) is 1.44. The van der Waals surface area contributed by atoms with E-state index < -0.39 is 0 Å². The van der Waals surface area contributed by atoms with E-state index >= 15 is 0 Å². The number of hydrogen-bond donors (Lipinski definition) is 2. The highest BCUT2D eigenvalue weighted by atomic mass is 19.1. The molecule has 1 atom stereocenters. The first-order chi connectivity index (χ1) is 9.67. The third-order valence-electron chi connectivity index (χ3n) is 3.64. The highest BCUT2D eigenvalue weighted by Gasteiger charge is 2.19. The average molecular weight is 278 g/mol. The van der Waals surface area contributed by atoms with Gasteiger partial charge < -0.3 is 15.5 Å². The van der Waals surface area contributed by atoms with Crippen molar-refractivity contribution in [3.05, 3.63) is 35.6 Å². The molecule has 0 spiro atoms. The van der Waals surface area contributed by atoms with Gasteiger partial charge in [-0.05, 0) is 43.6 Å². The lowest BCUT2D eigenvalue weighted by Gasteiger charge is -2.15. The van der Waals surface area contributed by atoms with E-state index in [0.29, 0.717) is 12.5 Å². The van der Waals surface area contributed by atoms with E-state index in [1.807, 2.05) is 0 Å². The highest BCUT2D eigenvalue weighted by molar-refractivity contribution is 5.79. The van der Waals surface area contributed by atoms with Crippen LogP contribution in [0.5, 0.6) is 0 Å². The Morgan fingerprint density at radius 1 is 1.35 bits per heavy atom. The Morgan fingerprint density at radius 3 is 2.70 bits per heavy atom. The Balaban J connectivity index is 1.74. The molecule has 0 radical (unpaired) electrons. The normalized spacial score (nSPS) is 20.1. The van der Waals surface area contributed by atoms with Gasteiger partial charge in [-0.25, -0.2) is 4.39 Å². The molecule has 4 nitrogen and oxygen atoms in total. The van der Waals surface area contributed by atoms with E-state index in [2.05, 4.69) is 27.6 Å². The number of halogens is 1. The molecule has 0 amide bonds. The topological polar surface area (TPSA) is 39.7 Å². The van der Waals surface area contributed by atoms with Crippen molar-refractivity contribution in [1.29, 1.82) is 0 Å². The van der Waals surface area contributed by atoms with E-state index in [1.54, 1.807) is 19.2 Å². The number of hydrogen-bond acceptors (Lipinski definition) is 2. The zero-order valence-corrected chi connectivity index (χ0v) is 12.2. The standard InChI is InChI=1S/C15H23FN4/c1-17-15(19-10-13-7-8-20(2)11-13)18-9-12-3-5-14(16)6-4-12/h3-6,13H,7-11H2,1-2H3,(H2,17,18,19). The van der Waals surface area contributed by atoms with Crippen LogP contribution in [0.3, 0.4) is 0 Å². The van der Waals surface area contributed by atoms with Gasteiger partial charge >= 0.3 is 0 Å². The first-order valence-corrected chi connectivity index (χ1v) is 7.05. The number of rotatable bonds is 4. The van der Waals surface area contributed by atoms with Gasteiger partial charge in [-0.2, -0.15) is 0 Å². The molecule has 0 aromatic heterocycles. The molecule has 1 aromatic carbocycles. The Kier molecular flexibility index (Phi) is 5.35. The summed E-state index contributed by atoms with van der Waals surface area (Å²) in [5, 5.41) is 6.59. The van der Waals surface area contributed by atoms with Crippen LogP contribution >= 0.6 is 0 Å². The summed E-state index contributed by atoms with van der Waals surface area (Å²) in [4.78, 5) is 6.56. The minimum Gasteiger partial charge on any atom is -0.356 e. The van der Waals surface area contributed by atoms with Gasteiger partial charge in [0, 0.05) is 26.7 Å². The number of likely N-dealkylation sites (tertiary alicyclic amines) is 1. The Morgan fingerprint density at radius 2 is 2.10 bits per heavy atom. The van der Waals surface area contributed by atoms with Crippen LogP contribution in [0, 0.1) is 11.7 Å². The second-order valence-corrected chi connectivity index (χ2v) is 5.35. The summed E-state index contributed by atoms with van der Waals surface area (Å²) in [6.45, 7) is 3.90. The second-order valence-electron chi connectivity index (χ2n) is 5.35. The molecule has 1 heterocycles. The molecule has 0 aliphatic carbocycles. The monoisotopic (exact) mass is 278 g/mol. The minimum atomic E-state index is -0.207. The maximum absolute atomic E-state index is 12.8. The zero-order chi connectivity index (χ0) is 14.4. The van der Waals surface area contributed by atoms with E-state index in [1.165, 1.54) is 25.1 Å². The Labute approximate surface area is 120 Å². The largest absolute Gasteiger partial charge is 0.356 e. The Hall–Kier alpha value is -1.62. The molecule has 1 saturated heterocycles. The van der Waals surface area contributed by atoms with Crippen LogP contribution in [0.25, 0.3) is 0 Å². The lowest BCUT2D eigenvalue weighted by molar-refractivity contribution is 0.394. The predicted molar refractivity (Wildman–Crippen MR) is 80.2 cm³/mol. The fourth-order valence-corrected chi connectivity index (χ4v) is 2.44. The van der Waals surface area contributed by atoms with Crippen molar-refractivity contribution in [3.8, 4) is 0 Å². The van der Waals surface area contributed by atoms with Gasteiger partial charge in [0.15, 0.2) is 5.96 Å². The summed E-state index contributed by atoms with van der Waals surface area (Å²) in [5.74, 6) is 1.27. The molecular formula is C15H23FN4. The molecule has 1 aliphatic rings. The maximum Gasteiger partial charge on any atom is 0.191 e. The van der Waals surface area contributed by atoms with Gasteiger partial charge in [-0.3, -0.25) is 4.99 Å². The summed E-state index contributed by atoms with van der Waals surface area (Å²) >= 11 is 0. The van der Waals surface area contributed by atoms with Crippen LogP contribution < -0.4 is 10.6 Å². The number of aliphatic imine (C=N–C) groups is 1. The lowest BCUT2D eigenvalue weighted by atomic mass is 10.1. The number of nitrogens with one attached hydrogen (secondary N) is 2. The molecular weight excluding hydrogens is 255 g/mol. The van der Waals surface area contributed by atoms with Crippen molar-refractivity contribution < 1.29 is 4.39 Å². The van der Waals surface area contributed by atoms with Crippen molar-refractivity contribution in [2.75, 3.05) is 33.7 Å². The fourth-order valence-electron chi connectivity index (χ4n) is 2.44. The van der Waals surface area contributed by atoms with E-state index in [9.17, 15) is 4.39 Å². The highest BCUT2D eigenvalue weighted by Crippen LogP contribution is 2.12. The summed E-state index contributed by atoms with van der Waals surface area (Å²) in [7, 11) is 3.92. The molecule has 20 heavy (non-hydrogen) atoms. The summed E-state index contributed by atoms with van der Waals surface area (Å²) in [5.41, 5.74) is 1.04. The van der Waals surface area contributed by atoms with E-state index in [0.717, 1.165) is 24.6 Å². The van der Waals surface area contributed by atoms with Crippen molar-refractivity contribution in [3.63, 3.8) is 0 Å². The van der Waals surface area contributed by atoms with Crippen LogP contribution in [-0.4, -0.2) is 44.6 Å². The minimum absolute atomic E-state index is 0.207. The van der Waals surface area contributed by atoms with Crippen molar-refractivity contribution in [2.24, 2.45) is 10.9 Å². The smallest absolute Gasteiger partial charge is 0.191 e. The summed E-state index contributed by atoms with van der Waals surface area (Å²) in [6, 6.07) is 6.51. The van der Waals surface area contributed by atoms with Crippen LogP contribution in [0.1, 0.15) is 12.0 Å². The third kappa shape index (κ3) is 4.49. The van der Waals surface area contributed by atoms with Gasteiger partial charge in [0.2, 0.25) is 0 Å². The van der Waals surface area contributed by atoms with Crippen molar-refractivity contribution in [1.82, 2.24) is 15.5 Å². The average Bonchev–Trinajstić information content (AvgIpc) is 2.87. The van der Waals surface area contributed by atoms with E-state index in [4.69, 9.17) is 0 Å². The lowest BCUT2D eigenvalue weighted by Crippen LogP contribution is -2.39. The first kappa shape index (κ1) is 14.8. The number of nitrogens with zero attached hydrogens (tertiary/aromatic N) is 2. The second kappa shape index (κ2) is 7.24. The van der Waals surface area contributed by atoms with Crippen molar-refractivity contribution >= 4 is 5.96 Å². The molecule has 1 aliphatic heterocycles. The molecule has 110 valence electrons. The molecule has 0 bridgehead atoms. The molecule has 0 saturated carbocycles. The van der Waals surface area contributed by atoms with Gasteiger partial charge in [0.05, 0.1) is 0 Å². The molecule has 1 aromatic rings. The van der Waals surface area contributed by atoms with Crippen LogP contribution in [0.4, 0.5) is 4.39 Å². The number of benzene rings is 1. The van der Waals surface area contributed by atoms with Gasteiger partial charge in [-0.1, -0.05) is 12.1 Å². The Bertz CT molecular complexity index is 444. The van der Waals surface area contributed by atoms with Gasteiger partial charge in [-0.15, -0.1) is 0 Å². The number of guanidine groups is 1. The third-order valence-corrected chi connectivity index (χ3v) is 3.64. The first-order valence-electron chi connectivity index (χ1n) is 7.05. The van der Waals surface area contributed by atoms with Gasteiger partial charge in [0.1, 0.15) is 5.82 Å². The van der Waals surface area contributed by atoms with E-state index in [-0.39, 0.29) is 5.82 Å².